The van der Waals surface area contributed by atoms with Gasteiger partial charge in [0.25, 0.3) is 5.69 Å². The van der Waals surface area contributed by atoms with E-state index in [-0.39, 0.29) is 15.5 Å². The molecule has 0 saturated carbocycles. The minimum Gasteiger partial charge on any atom is -0.465 e. The van der Waals surface area contributed by atoms with Crippen molar-refractivity contribution in [1.82, 2.24) is 0 Å². The van der Waals surface area contributed by atoms with Crippen LogP contribution in [0.4, 0.5) is 5.69 Å². The zero-order valence-electron chi connectivity index (χ0n) is 13.5. The van der Waals surface area contributed by atoms with Gasteiger partial charge in [-0.25, -0.2) is 9.59 Å². The van der Waals surface area contributed by atoms with Gasteiger partial charge in [-0.3, -0.25) is 10.1 Å². The highest BCUT2D eigenvalue weighted by Gasteiger charge is 2.46. The number of hydrogen-bond acceptors (Lipinski definition) is 8. The van der Waals surface area contributed by atoms with E-state index in [0.29, 0.717) is 12.0 Å². The Bertz CT molecular complexity index is 728. The van der Waals surface area contributed by atoms with Gasteiger partial charge in [0.05, 0.1) is 23.2 Å². The Balaban J connectivity index is 2.48. The molecule has 1 aromatic rings. The lowest BCUT2D eigenvalue weighted by Crippen LogP contribution is -2.15. The van der Waals surface area contributed by atoms with Gasteiger partial charge in [0.2, 0.25) is 0 Å². The third kappa shape index (κ3) is 3.72. The molecular weight excluding hydrogens is 366 g/mol. The topological polar surface area (TPSA) is 95.7 Å². The minimum absolute atomic E-state index is 0.0418. The first-order chi connectivity index (χ1) is 11.9. The van der Waals surface area contributed by atoms with Gasteiger partial charge < -0.3 is 9.47 Å². The SMILES string of the molecule is C=CCC1(c2ccc([N+](=O)[O-])cc2)SC(C(=O)OC)=C(C(=O)OC)S1. The van der Waals surface area contributed by atoms with E-state index in [1.807, 2.05) is 0 Å². The van der Waals surface area contributed by atoms with E-state index in [9.17, 15) is 19.7 Å². The number of esters is 2. The number of nitrogens with zero attached hydrogens (tertiary/aromatic N) is 1. The monoisotopic (exact) mass is 381 g/mol. The van der Waals surface area contributed by atoms with Gasteiger partial charge in [-0.1, -0.05) is 29.6 Å². The summed E-state index contributed by atoms with van der Waals surface area (Å²) >= 11 is 2.32. The van der Waals surface area contributed by atoms with Gasteiger partial charge in [0, 0.05) is 12.1 Å². The fourth-order valence-electron chi connectivity index (χ4n) is 2.24. The third-order valence-corrected chi connectivity index (χ3v) is 6.66. The highest BCUT2D eigenvalue weighted by atomic mass is 32.2. The summed E-state index contributed by atoms with van der Waals surface area (Å²) in [6.07, 6.45) is 2.08. The normalized spacial score (nSPS) is 15.6. The Hall–Kier alpha value is -2.26. The van der Waals surface area contributed by atoms with Crippen LogP contribution in [0.1, 0.15) is 12.0 Å². The Morgan fingerprint density at radius 2 is 1.64 bits per heavy atom. The van der Waals surface area contributed by atoms with Crippen molar-refractivity contribution in [2.45, 2.75) is 10.5 Å². The Kier molecular flexibility index (Phi) is 5.91. The third-order valence-electron chi connectivity index (χ3n) is 3.41. The fourth-order valence-corrected chi connectivity index (χ4v) is 5.42. The summed E-state index contributed by atoms with van der Waals surface area (Å²) in [5.74, 6) is -1.27. The van der Waals surface area contributed by atoms with Crippen molar-refractivity contribution in [2.24, 2.45) is 0 Å². The number of non-ortho nitro benzene ring substituents is 1. The second kappa shape index (κ2) is 7.75. The number of allylic oxidation sites excluding steroid dienone is 1. The van der Waals surface area contributed by atoms with Gasteiger partial charge >= 0.3 is 11.9 Å². The van der Waals surface area contributed by atoms with Gasteiger partial charge in [-0.05, 0) is 24.1 Å². The molecule has 7 nitrogen and oxygen atoms in total. The first-order valence-corrected chi connectivity index (χ1v) is 8.66. The summed E-state index contributed by atoms with van der Waals surface area (Å²) < 4.78 is 8.77. The maximum absolute atomic E-state index is 12.1. The average Bonchev–Trinajstić information content (AvgIpc) is 3.01. The Morgan fingerprint density at radius 1 is 1.16 bits per heavy atom. The first-order valence-electron chi connectivity index (χ1n) is 7.03. The van der Waals surface area contributed by atoms with Crippen molar-refractivity contribution in [2.75, 3.05) is 14.2 Å². The molecule has 9 heteroatoms. The molecule has 0 bridgehead atoms. The van der Waals surface area contributed by atoms with Crippen LogP contribution >= 0.6 is 23.5 Å². The molecule has 1 heterocycles. The standard InChI is InChI=1S/C16H15NO6S2/c1-4-9-16(10-5-7-11(8-6-10)17(20)21)24-12(14(18)22-2)13(25-16)15(19)23-3/h4-8H,1,9H2,2-3H3. The minimum atomic E-state index is -0.760. The molecule has 0 spiro atoms. The first kappa shape index (κ1) is 19.1. The van der Waals surface area contributed by atoms with Crippen molar-refractivity contribution in [3.63, 3.8) is 0 Å². The van der Waals surface area contributed by atoms with Gasteiger partial charge in [0.1, 0.15) is 9.81 Å². The van der Waals surface area contributed by atoms with E-state index < -0.39 is 20.9 Å². The fraction of sp³-hybridized carbons (Fsp3) is 0.250. The number of benzene rings is 1. The number of carbonyl (C=O) groups is 2. The molecule has 0 unspecified atom stereocenters. The van der Waals surface area contributed by atoms with Crippen molar-refractivity contribution in [3.8, 4) is 0 Å². The summed E-state index contributed by atoms with van der Waals surface area (Å²) in [4.78, 5) is 34.8. The zero-order valence-corrected chi connectivity index (χ0v) is 15.1. The maximum atomic E-state index is 12.1. The summed E-state index contributed by atoms with van der Waals surface area (Å²) in [5.41, 5.74) is 0.674. The lowest BCUT2D eigenvalue weighted by Gasteiger charge is -2.27. The number of thioether (sulfide) groups is 2. The molecule has 0 aromatic heterocycles. The van der Waals surface area contributed by atoms with E-state index in [1.54, 1.807) is 18.2 Å². The van der Waals surface area contributed by atoms with Crippen molar-refractivity contribution < 1.29 is 24.0 Å². The molecule has 0 radical (unpaired) electrons. The van der Waals surface area contributed by atoms with Crippen LogP contribution in [0.3, 0.4) is 0 Å². The molecule has 0 saturated heterocycles. The van der Waals surface area contributed by atoms with Crippen LogP contribution in [0, 0.1) is 10.1 Å². The van der Waals surface area contributed by atoms with Crippen LogP contribution in [0.2, 0.25) is 0 Å². The molecule has 1 aliphatic rings. The van der Waals surface area contributed by atoms with Gasteiger partial charge in [0.15, 0.2) is 0 Å². The van der Waals surface area contributed by atoms with E-state index in [4.69, 9.17) is 9.47 Å². The summed E-state index contributed by atoms with van der Waals surface area (Å²) in [7, 11) is 2.46. The second-order valence-electron chi connectivity index (χ2n) is 4.90. The number of rotatable bonds is 6. The van der Waals surface area contributed by atoms with Crippen LogP contribution < -0.4 is 0 Å². The summed E-state index contributed by atoms with van der Waals surface area (Å²) in [5, 5.41) is 10.8. The largest absolute Gasteiger partial charge is 0.465 e. The maximum Gasteiger partial charge on any atom is 0.345 e. The molecule has 0 aliphatic carbocycles. The molecule has 0 N–H and O–H groups in total. The summed E-state index contributed by atoms with van der Waals surface area (Å²) in [6.45, 7) is 3.73. The predicted octanol–water partition coefficient (Wildman–Crippen LogP) is 3.36. The van der Waals surface area contributed by atoms with Crippen LogP contribution in [0.5, 0.6) is 0 Å². The van der Waals surface area contributed by atoms with E-state index in [0.717, 1.165) is 23.5 Å². The highest BCUT2D eigenvalue weighted by molar-refractivity contribution is 8.24. The average molecular weight is 381 g/mol. The number of ether oxygens (including phenoxy) is 2. The van der Waals surface area contributed by atoms with E-state index in [2.05, 4.69) is 6.58 Å². The lowest BCUT2D eigenvalue weighted by molar-refractivity contribution is -0.384. The smallest absolute Gasteiger partial charge is 0.345 e. The molecule has 0 amide bonds. The molecule has 25 heavy (non-hydrogen) atoms. The van der Waals surface area contributed by atoms with Gasteiger partial charge in [-0.15, -0.1) is 6.58 Å². The van der Waals surface area contributed by atoms with Crippen molar-refractivity contribution >= 4 is 41.1 Å². The van der Waals surface area contributed by atoms with Crippen molar-refractivity contribution in [3.05, 3.63) is 62.4 Å². The molecule has 1 aromatic carbocycles. The number of nitro benzene ring substituents is 1. The second-order valence-corrected chi connectivity index (χ2v) is 7.77. The number of carbonyl (C=O) groups excluding carboxylic acids is 2. The van der Waals surface area contributed by atoms with Crippen LogP contribution in [-0.4, -0.2) is 31.1 Å². The van der Waals surface area contributed by atoms with Crippen LogP contribution in [-0.2, 0) is 23.1 Å². The van der Waals surface area contributed by atoms with Gasteiger partial charge in [-0.2, -0.15) is 0 Å². The quantitative estimate of drug-likeness (QED) is 0.320. The van der Waals surface area contributed by atoms with E-state index >= 15 is 0 Å². The molecular formula is C16H15NO6S2. The summed E-state index contributed by atoms with van der Waals surface area (Å²) in [6, 6.07) is 5.98. The number of methoxy groups -OCH3 is 2. The van der Waals surface area contributed by atoms with Crippen molar-refractivity contribution in [1.29, 1.82) is 0 Å². The molecule has 2 rings (SSSR count). The van der Waals surface area contributed by atoms with Crippen LogP contribution in [0.15, 0.2) is 46.7 Å². The highest BCUT2D eigenvalue weighted by Crippen LogP contribution is 2.62. The molecule has 0 atom stereocenters. The number of nitro groups is 1. The molecule has 132 valence electrons. The zero-order chi connectivity index (χ0) is 18.6. The Labute approximate surface area is 152 Å². The van der Waals surface area contributed by atoms with E-state index in [1.165, 1.54) is 26.4 Å². The number of hydrogen-bond donors (Lipinski definition) is 0. The van der Waals surface area contributed by atoms with Crippen LogP contribution in [0.25, 0.3) is 0 Å². The lowest BCUT2D eigenvalue weighted by atomic mass is 10.1. The predicted molar refractivity (Wildman–Crippen MR) is 95.8 cm³/mol. The molecule has 1 aliphatic heterocycles. The molecule has 0 fully saturated rings. The Morgan fingerprint density at radius 3 is 2.00 bits per heavy atom.